The fourth-order valence-corrected chi connectivity index (χ4v) is 3.36. The Balaban J connectivity index is 1.69. The molecule has 0 saturated heterocycles. The Kier molecular flexibility index (Phi) is 4.13. The molecular weight excluding hydrogens is 372 g/mol. The van der Waals surface area contributed by atoms with Crippen molar-refractivity contribution in [2.75, 3.05) is 17.6 Å². The number of hydrogen-bond acceptors (Lipinski definition) is 5. The number of rotatable bonds is 5. The minimum atomic E-state index is 0.514. The van der Waals surface area contributed by atoms with Gasteiger partial charge >= 0.3 is 0 Å². The van der Waals surface area contributed by atoms with E-state index in [4.69, 9.17) is 22.3 Å². The standard InChI is InChI=1S/C21H19ClN6/c22-15-10-8-14(9-11-15)18-17-19(23)28(16-4-2-1-3-5-16)27-20(17)26-21(25-18)24-12-13-6-7-13/h1-5,8-11,13H,6-7,12,23H2,(H,24,26,27). The highest BCUT2D eigenvalue weighted by Gasteiger charge is 2.23. The maximum atomic E-state index is 6.50. The first-order valence-electron chi connectivity index (χ1n) is 9.30. The molecule has 2 aromatic heterocycles. The van der Waals surface area contributed by atoms with Crippen molar-refractivity contribution in [3.05, 3.63) is 59.6 Å². The number of nitrogens with two attached hydrogens (primary N) is 1. The lowest BCUT2D eigenvalue weighted by Gasteiger charge is -2.08. The predicted octanol–water partition coefficient (Wildman–Crippen LogP) is 4.54. The maximum Gasteiger partial charge on any atom is 0.225 e. The van der Waals surface area contributed by atoms with Crippen LogP contribution in [0.2, 0.25) is 5.02 Å². The Hall–Kier alpha value is -3.12. The zero-order valence-corrected chi connectivity index (χ0v) is 15.9. The first-order chi connectivity index (χ1) is 13.7. The largest absolute Gasteiger partial charge is 0.383 e. The van der Waals surface area contributed by atoms with E-state index in [0.717, 1.165) is 28.9 Å². The molecule has 28 heavy (non-hydrogen) atoms. The normalized spacial score (nSPS) is 13.8. The van der Waals surface area contributed by atoms with Crippen LogP contribution in [-0.4, -0.2) is 26.3 Å². The summed E-state index contributed by atoms with van der Waals surface area (Å²) in [5, 5.41) is 9.43. The van der Waals surface area contributed by atoms with Crippen LogP contribution in [0.1, 0.15) is 12.8 Å². The summed E-state index contributed by atoms with van der Waals surface area (Å²) in [5.74, 6) is 1.80. The number of nitrogens with zero attached hydrogens (tertiary/aromatic N) is 4. The molecule has 1 aliphatic rings. The smallest absolute Gasteiger partial charge is 0.225 e. The topological polar surface area (TPSA) is 81.7 Å². The Morgan fingerprint density at radius 1 is 1.04 bits per heavy atom. The zero-order chi connectivity index (χ0) is 19.1. The first kappa shape index (κ1) is 17.0. The number of nitrogens with one attached hydrogen (secondary N) is 1. The Morgan fingerprint density at radius 3 is 2.50 bits per heavy atom. The molecule has 2 aromatic carbocycles. The molecule has 140 valence electrons. The number of aromatic nitrogens is 4. The van der Waals surface area contributed by atoms with Crippen molar-refractivity contribution >= 4 is 34.4 Å². The van der Waals surface area contributed by atoms with Gasteiger partial charge in [0.25, 0.3) is 0 Å². The first-order valence-corrected chi connectivity index (χ1v) is 9.68. The summed E-state index contributed by atoms with van der Waals surface area (Å²) in [4.78, 5) is 9.40. The Morgan fingerprint density at radius 2 is 1.79 bits per heavy atom. The molecular formula is C21H19ClN6. The average molecular weight is 391 g/mol. The average Bonchev–Trinajstić information content (AvgIpc) is 3.50. The molecule has 0 spiro atoms. The predicted molar refractivity (Wildman–Crippen MR) is 113 cm³/mol. The highest BCUT2D eigenvalue weighted by Crippen LogP contribution is 2.34. The molecule has 0 aliphatic heterocycles. The SMILES string of the molecule is Nc1c2c(-c3ccc(Cl)cc3)nc(NCC3CC3)nc2nn1-c1ccccc1. The van der Waals surface area contributed by atoms with E-state index in [1.54, 1.807) is 4.68 Å². The van der Waals surface area contributed by atoms with Crippen LogP contribution in [0.15, 0.2) is 54.6 Å². The van der Waals surface area contributed by atoms with Gasteiger partial charge in [-0.05, 0) is 43.0 Å². The molecule has 0 bridgehead atoms. The maximum absolute atomic E-state index is 6.50. The lowest BCUT2D eigenvalue weighted by atomic mass is 10.1. The summed E-state index contributed by atoms with van der Waals surface area (Å²) in [7, 11) is 0. The van der Waals surface area contributed by atoms with Crippen LogP contribution in [0.25, 0.3) is 28.0 Å². The lowest BCUT2D eigenvalue weighted by Crippen LogP contribution is -2.07. The van der Waals surface area contributed by atoms with Crippen LogP contribution in [0, 0.1) is 5.92 Å². The molecule has 1 fully saturated rings. The molecule has 3 N–H and O–H groups in total. The molecule has 2 heterocycles. The van der Waals surface area contributed by atoms with E-state index < -0.39 is 0 Å². The van der Waals surface area contributed by atoms with Crippen LogP contribution in [0.4, 0.5) is 11.8 Å². The van der Waals surface area contributed by atoms with Crippen molar-refractivity contribution in [1.29, 1.82) is 0 Å². The van der Waals surface area contributed by atoms with E-state index >= 15 is 0 Å². The summed E-state index contributed by atoms with van der Waals surface area (Å²) in [6, 6.07) is 17.4. The monoisotopic (exact) mass is 390 g/mol. The van der Waals surface area contributed by atoms with Gasteiger partial charge in [-0.1, -0.05) is 41.9 Å². The van der Waals surface area contributed by atoms with Gasteiger partial charge < -0.3 is 11.1 Å². The third-order valence-corrected chi connectivity index (χ3v) is 5.19. The quantitative estimate of drug-likeness (QED) is 0.522. The minimum absolute atomic E-state index is 0.514. The lowest BCUT2D eigenvalue weighted by molar-refractivity contribution is 0.872. The van der Waals surface area contributed by atoms with Gasteiger partial charge in [-0.2, -0.15) is 4.98 Å². The number of benzene rings is 2. The number of anilines is 2. The fourth-order valence-electron chi connectivity index (χ4n) is 3.23. The molecule has 7 heteroatoms. The van der Waals surface area contributed by atoms with Crippen molar-refractivity contribution in [2.45, 2.75) is 12.8 Å². The number of hydrogen-bond donors (Lipinski definition) is 2. The van der Waals surface area contributed by atoms with Crippen LogP contribution >= 0.6 is 11.6 Å². The molecule has 1 aliphatic carbocycles. The fraction of sp³-hybridized carbons (Fsp3) is 0.190. The third-order valence-electron chi connectivity index (χ3n) is 4.93. The van der Waals surface area contributed by atoms with Crippen molar-refractivity contribution in [1.82, 2.24) is 19.7 Å². The van der Waals surface area contributed by atoms with E-state index in [2.05, 4.69) is 15.4 Å². The van der Waals surface area contributed by atoms with Crippen molar-refractivity contribution in [3.8, 4) is 16.9 Å². The Bertz CT molecular complexity index is 1130. The van der Waals surface area contributed by atoms with Crippen LogP contribution in [0.3, 0.4) is 0 Å². The summed E-state index contributed by atoms with van der Waals surface area (Å²) >= 11 is 6.07. The van der Waals surface area contributed by atoms with E-state index in [1.165, 1.54) is 12.8 Å². The highest BCUT2D eigenvalue weighted by molar-refractivity contribution is 6.30. The molecule has 0 atom stereocenters. The van der Waals surface area contributed by atoms with Crippen molar-refractivity contribution < 1.29 is 0 Å². The van der Waals surface area contributed by atoms with Gasteiger partial charge in [-0.25, -0.2) is 9.67 Å². The van der Waals surface area contributed by atoms with Crippen molar-refractivity contribution in [2.24, 2.45) is 5.92 Å². The second-order valence-electron chi connectivity index (χ2n) is 7.06. The molecule has 5 rings (SSSR count). The van der Waals surface area contributed by atoms with E-state index in [1.807, 2.05) is 54.6 Å². The Labute approximate surface area is 167 Å². The van der Waals surface area contributed by atoms with Crippen LogP contribution < -0.4 is 11.1 Å². The van der Waals surface area contributed by atoms with Gasteiger partial charge in [-0.15, -0.1) is 5.10 Å². The zero-order valence-electron chi connectivity index (χ0n) is 15.1. The molecule has 0 radical (unpaired) electrons. The summed E-state index contributed by atoms with van der Waals surface area (Å²) in [6.07, 6.45) is 2.52. The number of halogens is 1. The van der Waals surface area contributed by atoms with Gasteiger partial charge in [0, 0.05) is 17.1 Å². The van der Waals surface area contributed by atoms with Gasteiger partial charge in [0.15, 0.2) is 5.65 Å². The van der Waals surface area contributed by atoms with E-state index in [-0.39, 0.29) is 0 Å². The van der Waals surface area contributed by atoms with Crippen LogP contribution in [-0.2, 0) is 0 Å². The van der Waals surface area contributed by atoms with Gasteiger partial charge in [0.05, 0.1) is 16.8 Å². The number of para-hydroxylation sites is 1. The van der Waals surface area contributed by atoms with E-state index in [9.17, 15) is 0 Å². The second kappa shape index (κ2) is 6.80. The number of fused-ring (bicyclic) bond motifs is 1. The minimum Gasteiger partial charge on any atom is -0.383 e. The van der Waals surface area contributed by atoms with E-state index in [0.29, 0.717) is 28.4 Å². The molecule has 0 unspecified atom stereocenters. The second-order valence-corrected chi connectivity index (χ2v) is 7.49. The third kappa shape index (κ3) is 3.16. The van der Waals surface area contributed by atoms with Gasteiger partial charge in [-0.3, -0.25) is 0 Å². The van der Waals surface area contributed by atoms with Crippen LogP contribution in [0.5, 0.6) is 0 Å². The highest BCUT2D eigenvalue weighted by atomic mass is 35.5. The molecule has 6 nitrogen and oxygen atoms in total. The summed E-state index contributed by atoms with van der Waals surface area (Å²) in [6.45, 7) is 0.875. The molecule has 4 aromatic rings. The van der Waals surface area contributed by atoms with Gasteiger partial charge in [0.1, 0.15) is 5.82 Å². The van der Waals surface area contributed by atoms with Gasteiger partial charge in [0.2, 0.25) is 5.95 Å². The molecule has 1 saturated carbocycles. The molecule has 0 amide bonds. The summed E-state index contributed by atoms with van der Waals surface area (Å²) < 4.78 is 1.71. The summed E-state index contributed by atoms with van der Waals surface area (Å²) in [5.41, 5.74) is 9.62. The number of nitrogen functional groups attached to an aromatic ring is 1. The van der Waals surface area contributed by atoms with Crippen molar-refractivity contribution in [3.63, 3.8) is 0 Å².